The summed E-state index contributed by atoms with van der Waals surface area (Å²) < 4.78 is 12.3. The Kier molecular flexibility index (Phi) is 3.26. The molecule has 0 radical (unpaired) electrons. The Bertz CT molecular complexity index is 873. The molecule has 0 saturated carbocycles. The van der Waals surface area contributed by atoms with E-state index in [2.05, 4.69) is 14.9 Å². The van der Waals surface area contributed by atoms with E-state index >= 15 is 0 Å². The highest BCUT2D eigenvalue weighted by Gasteiger charge is 2.22. The highest BCUT2D eigenvalue weighted by atomic mass is 19.3. The van der Waals surface area contributed by atoms with Crippen molar-refractivity contribution in [3.8, 4) is 11.1 Å². The molecule has 0 atom stereocenters. The number of H-pyrrole nitrogens is 1. The van der Waals surface area contributed by atoms with Crippen LogP contribution >= 0.6 is 0 Å². The summed E-state index contributed by atoms with van der Waals surface area (Å²) >= 11 is 0. The second-order valence-electron chi connectivity index (χ2n) is 4.44. The van der Waals surface area contributed by atoms with Gasteiger partial charge in [-0.3, -0.25) is 15.1 Å². The van der Waals surface area contributed by atoms with E-state index in [0.29, 0.717) is 22.2 Å². The predicted octanol–water partition coefficient (Wildman–Crippen LogP) is 3.18. The van der Waals surface area contributed by atoms with E-state index in [1.807, 2.05) is 0 Å². The fourth-order valence-corrected chi connectivity index (χ4v) is 2.24. The lowest BCUT2D eigenvalue weighted by atomic mass is 10.0. The number of non-ortho nitro benzene ring substituents is 1. The Morgan fingerprint density at radius 1 is 1.27 bits per heavy atom. The van der Waals surface area contributed by atoms with Crippen molar-refractivity contribution in [2.24, 2.45) is 0 Å². The molecule has 0 bridgehead atoms. The number of nitro groups is 1. The van der Waals surface area contributed by atoms with Gasteiger partial charge in [0.05, 0.1) is 16.0 Å². The SMILES string of the molecule is O=C(OF)c1[nH]c2cccnc2c1-c1ccc([N+](=O)[O-])cc1. The van der Waals surface area contributed by atoms with Gasteiger partial charge in [0, 0.05) is 28.4 Å². The van der Waals surface area contributed by atoms with Gasteiger partial charge in [-0.15, -0.1) is 0 Å². The first-order chi connectivity index (χ1) is 10.6. The van der Waals surface area contributed by atoms with Crippen LogP contribution in [0.15, 0.2) is 42.6 Å². The molecule has 0 unspecified atom stereocenters. The summed E-state index contributed by atoms with van der Waals surface area (Å²) in [5.41, 5.74) is 1.58. The maximum atomic E-state index is 12.3. The zero-order chi connectivity index (χ0) is 15.7. The lowest BCUT2D eigenvalue weighted by Crippen LogP contribution is -2.01. The molecule has 0 aliphatic heterocycles. The molecule has 22 heavy (non-hydrogen) atoms. The van der Waals surface area contributed by atoms with E-state index in [9.17, 15) is 19.4 Å². The standard InChI is InChI=1S/C14H8FN3O4/c15-22-14(19)13-11(12-10(17-13)2-1-7-16-12)8-3-5-9(6-4-8)18(20)21/h1-7,17H. The predicted molar refractivity (Wildman–Crippen MR) is 74.7 cm³/mol. The average molecular weight is 301 g/mol. The smallest absolute Gasteiger partial charge is 0.347 e. The average Bonchev–Trinajstić information content (AvgIpc) is 2.93. The third-order valence-corrected chi connectivity index (χ3v) is 3.20. The van der Waals surface area contributed by atoms with Crippen LogP contribution in [-0.2, 0) is 4.94 Å². The number of hydrogen-bond acceptors (Lipinski definition) is 5. The van der Waals surface area contributed by atoms with Crippen LogP contribution in [0, 0.1) is 10.1 Å². The number of aromatic nitrogens is 2. The molecule has 110 valence electrons. The molecule has 1 aromatic carbocycles. The molecule has 8 heteroatoms. The first-order valence-electron chi connectivity index (χ1n) is 6.16. The molecule has 0 aliphatic rings. The van der Waals surface area contributed by atoms with Crippen LogP contribution in [0.1, 0.15) is 10.5 Å². The van der Waals surface area contributed by atoms with Crippen molar-refractivity contribution >= 4 is 22.7 Å². The zero-order valence-electron chi connectivity index (χ0n) is 10.9. The van der Waals surface area contributed by atoms with Crippen molar-refractivity contribution in [2.45, 2.75) is 0 Å². The molecule has 1 N–H and O–H groups in total. The molecule has 2 aromatic heterocycles. The van der Waals surface area contributed by atoms with Gasteiger partial charge in [0.15, 0.2) is 0 Å². The number of benzene rings is 1. The van der Waals surface area contributed by atoms with Crippen LogP contribution in [0.25, 0.3) is 22.2 Å². The van der Waals surface area contributed by atoms with E-state index < -0.39 is 10.9 Å². The minimum Gasteiger partial charge on any atom is -0.347 e. The van der Waals surface area contributed by atoms with Crippen LogP contribution in [0.4, 0.5) is 10.2 Å². The minimum absolute atomic E-state index is 0.0915. The molecular weight excluding hydrogens is 293 g/mol. The summed E-state index contributed by atoms with van der Waals surface area (Å²) in [4.78, 5) is 31.9. The Morgan fingerprint density at radius 3 is 2.64 bits per heavy atom. The van der Waals surface area contributed by atoms with E-state index in [-0.39, 0.29) is 11.4 Å². The van der Waals surface area contributed by atoms with Crippen molar-refractivity contribution in [3.63, 3.8) is 0 Å². The van der Waals surface area contributed by atoms with E-state index in [1.54, 1.807) is 12.1 Å². The maximum absolute atomic E-state index is 12.3. The highest BCUT2D eigenvalue weighted by molar-refractivity contribution is 6.06. The van der Waals surface area contributed by atoms with Gasteiger partial charge in [0.2, 0.25) is 0 Å². The number of carbonyl (C=O) groups excluding carboxylic acids is 1. The Balaban J connectivity index is 2.23. The third kappa shape index (κ3) is 2.16. The molecule has 0 aliphatic carbocycles. The number of nitrogens with zero attached hydrogens (tertiary/aromatic N) is 2. The second kappa shape index (κ2) is 5.24. The van der Waals surface area contributed by atoms with Gasteiger partial charge in [-0.05, 0) is 29.8 Å². The Labute approximate surface area is 122 Å². The number of nitrogens with one attached hydrogen (secondary N) is 1. The molecule has 2 heterocycles. The van der Waals surface area contributed by atoms with Gasteiger partial charge in [0.25, 0.3) is 5.69 Å². The molecule has 7 nitrogen and oxygen atoms in total. The van der Waals surface area contributed by atoms with Crippen LogP contribution in [0.2, 0.25) is 0 Å². The second-order valence-corrected chi connectivity index (χ2v) is 4.44. The summed E-state index contributed by atoms with van der Waals surface area (Å²) in [6.07, 6.45) is 1.52. The van der Waals surface area contributed by atoms with Gasteiger partial charge in [0.1, 0.15) is 5.69 Å². The minimum atomic E-state index is -1.19. The molecule has 3 rings (SSSR count). The van der Waals surface area contributed by atoms with Crippen molar-refractivity contribution in [1.29, 1.82) is 0 Å². The normalized spacial score (nSPS) is 10.6. The number of aromatic amines is 1. The van der Waals surface area contributed by atoms with Gasteiger partial charge in [-0.1, -0.05) is 0 Å². The van der Waals surface area contributed by atoms with Crippen LogP contribution < -0.4 is 0 Å². The lowest BCUT2D eigenvalue weighted by Gasteiger charge is -2.01. The van der Waals surface area contributed by atoms with E-state index in [0.717, 1.165) is 0 Å². The summed E-state index contributed by atoms with van der Waals surface area (Å²) in [5, 5.41) is 10.7. The number of rotatable bonds is 3. The number of nitro benzene ring substituents is 1. The molecule has 3 aromatic rings. The monoisotopic (exact) mass is 301 g/mol. The maximum Gasteiger partial charge on any atom is 0.396 e. The first kappa shape index (κ1) is 13.7. The summed E-state index contributed by atoms with van der Waals surface area (Å²) in [7, 11) is 0. The number of hydrogen-bond donors (Lipinski definition) is 1. The quantitative estimate of drug-likeness (QED) is 0.591. The fraction of sp³-hybridized carbons (Fsp3) is 0. The van der Waals surface area contributed by atoms with Crippen molar-refractivity contribution in [1.82, 2.24) is 9.97 Å². The van der Waals surface area contributed by atoms with E-state index in [1.165, 1.54) is 30.5 Å². The zero-order valence-corrected chi connectivity index (χ0v) is 10.9. The molecule has 0 spiro atoms. The number of fused-ring (bicyclic) bond motifs is 1. The molecule has 0 amide bonds. The fourth-order valence-electron chi connectivity index (χ4n) is 2.24. The Hall–Kier alpha value is -3.29. The topological polar surface area (TPSA) is 98.1 Å². The molecule has 0 fully saturated rings. The van der Waals surface area contributed by atoms with Crippen LogP contribution in [-0.4, -0.2) is 20.9 Å². The molecular formula is C14H8FN3O4. The first-order valence-corrected chi connectivity index (χ1v) is 6.16. The summed E-state index contributed by atoms with van der Waals surface area (Å²) in [5.74, 6) is -1.19. The summed E-state index contributed by atoms with van der Waals surface area (Å²) in [6, 6.07) is 8.84. The number of halogens is 1. The van der Waals surface area contributed by atoms with Gasteiger partial charge in [-0.25, -0.2) is 9.74 Å². The Morgan fingerprint density at radius 2 is 2.00 bits per heavy atom. The third-order valence-electron chi connectivity index (χ3n) is 3.20. The largest absolute Gasteiger partial charge is 0.396 e. The van der Waals surface area contributed by atoms with Crippen LogP contribution in [0.5, 0.6) is 0 Å². The summed E-state index contributed by atoms with van der Waals surface area (Å²) in [6.45, 7) is 0. The van der Waals surface area contributed by atoms with Gasteiger partial charge < -0.3 is 4.98 Å². The lowest BCUT2D eigenvalue weighted by molar-refractivity contribution is -0.384. The van der Waals surface area contributed by atoms with Gasteiger partial charge >= 0.3 is 5.97 Å². The van der Waals surface area contributed by atoms with Crippen molar-refractivity contribution < 1.29 is 19.2 Å². The molecule has 0 saturated heterocycles. The van der Waals surface area contributed by atoms with E-state index in [4.69, 9.17) is 0 Å². The van der Waals surface area contributed by atoms with Gasteiger partial charge in [-0.2, -0.15) is 0 Å². The number of carbonyl (C=O) groups is 1. The van der Waals surface area contributed by atoms with Crippen molar-refractivity contribution in [3.05, 3.63) is 58.4 Å². The number of pyridine rings is 1. The highest BCUT2D eigenvalue weighted by Crippen LogP contribution is 2.32. The van der Waals surface area contributed by atoms with Crippen molar-refractivity contribution in [2.75, 3.05) is 0 Å². The van der Waals surface area contributed by atoms with Crippen LogP contribution in [0.3, 0.4) is 0 Å².